The van der Waals surface area contributed by atoms with E-state index in [2.05, 4.69) is 4.57 Å². The first kappa shape index (κ1) is 20.3. The van der Waals surface area contributed by atoms with Crippen molar-refractivity contribution < 1.29 is 24.2 Å². The van der Waals surface area contributed by atoms with Gasteiger partial charge in [-0.3, -0.25) is 14.5 Å². The molecule has 1 aromatic heterocycles. The van der Waals surface area contributed by atoms with E-state index in [-0.39, 0.29) is 17.7 Å². The molecule has 1 unspecified atom stereocenters. The molecule has 32 heavy (non-hydrogen) atoms. The number of hydrogen-bond acceptors (Lipinski definition) is 5. The number of carbonyl (C=O) groups excluding carboxylic acids is 3. The molecular formula is C24H23N3O5. The van der Waals surface area contributed by atoms with E-state index in [1.165, 1.54) is 11.9 Å². The van der Waals surface area contributed by atoms with Crippen LogP contribution in [0, 0.1) is 0 Å². The lowest BCUT2D eigenvalue weighted by Gasteiger charge is -2.41. The quantitative estimate of drug-likeness (QED) is 0.624. The van der Waals surface area contributed by atoms with Crippen molar-refractivity contribution in [1.82, 2.24) is 14.4 Å². The van der Waals surface area contributed by atoms with Gasteiger partial charge in [-0.1, -0.05) is 24.3 Å². The number of benzene rings is 2. The maximum atomic E-state index is 13.0. The fourth-order valence-corrected chi connectivity index (χ4v) is 4.79. The number of imide groups is 1. The number of ketones is 1. The molecule has 1 N–H and O–H groups in total. The topological polar surface area (TPSA) is 92.1 Å². The minimum atomic E-state index is -0.523. The van der Waals surface area contributed by atoms with Gasteiger partial charge in [-0.25, -0.2) is 4.79 Å². The number of carbonyl (C=O) groups is 3. The van der Waals surface area contributed by atoms with Gasteiger partial charge in [0.2, 0.25) is 5.91 Å². The number of methoxy groups -OCH3 is 1. The number of aliphatic hydroxyl groups excluding tert-OH is 1. The van der Waals surface area contributed by atoms with Crippen molar-refractivity contribution in [3.63, 3.8) is 0 Å². The second kappa shape index (κ2) is 7.49. The fraction of sp³-hybridized carbons (Fsp3) is 0.292. The average molecular weight is 433 g/mol. The first-order chi connectivity index (χ1) is 15.4. The van der Waals surface area contributed by atoms with E-state index in [1.807, 2.05) is 30.3 Å². The molecule has 3 amide bonds. The van der Waals surface area contributed by atoms with Crippen LogP contribution in [0.15, 0.2) is 42.5 Å². The predicted molar refractivity (Wildman–Crippen MR) is 117 cm³/mol. The van der Waals surface area contributed by atoms with E-state index < -0.39 is 12.5 Å². The first-order valence-electron chi connectivity index (χ1n) is 10.4. The van der Waals surface area contributed by atoms with Crippen molar-refractivity contribution in [1.29, 1.82) is 0 Å². The summed E-state index contributed by atoms with van der Waals surface area (Å²) in [4.78, 5) is 40.3. The molecule has 8 nitrogen and oxygen atoms in total. The minimum Gasteiger partial charge on any atom is -0.497 e. The molecule has 1 saturated heterocycles. The molecule has 1 atom stereocenters. The zero-order chi connectivity index (χ0) is 22.6. The zero-order valence-electron chi connectivity index (χ0n) is 17.9. The molecule has 2 aliphatic heterocycles. The van der Waals surface area contributed by atoms with E-state index in [0.29, 0.717) is 30.9 Å². The van der Waals surface area contributed by atoms with Crippen LogP contribution in [0.25, 0.3) is 10.9 Å². The van der Waals surface area contributed by atoms with Crippen LogP contribution in [0.4, 0.5) is 4.79 Å². The van der Waals surface area contributed by atoms with Crippen molar-refractivity contribution >= 4 is 28.6 Å². The Bertz CT molecular complexity index is 1260. The van der Waals surface area contributed by atoms with Crippen LogP contribution in [0.3, 0.4) is 0 Å². The Labute approximate surface area is 184 Å². The molecule has 5 rings (SSSR count). The number of amides is 3. The van der Waals surface area contributed by atoms with E-state index in [4.69, 9.17) is 9.84 Å². The van der Waals surface area contributed by atoms with Crippen molar-refractivity contribution in [2.75, 3.05) is 27.3 Å². The summed E-state index contributed by atoms with van der Waals surface area (Å²) >= 11 is 0. The molecule has 8 heteroatoms. The van der Waals surface area contributed by atoms with Gasteiger partial charge in [0.15, 0.2) is 5.78 Å². The Kier molecular flexibility index (Phi) is 4.74. The van der Waals surface area contributed by atoms with Crippen molar-refractivity contribution in [2.24, 2.45) is 0 Å². The van der Waals surface area contributed by atoms with Crippen LogP contribution < -0.4 is 4.74 Å². The molecule has 0 aliphatic carbocycles. The number of aromatic nitrogens is 1. The summed E-state index contributed by atoms with van der Waals surface area (Å²) in [5.41, 5.74) is 4.28. The molecule has 0 spiro atoms. The number of urea groups is 1. The van der Waals surface area contributed by atoms with Crippen molar-refractivity contribution in [3.8, 4) is 5.75 Å². The van der Waals surface area contributed by atoms with Crippen molar-refractivity contribution in [3.05, 3.63) is 64.8 Å². The number of likely N-dealkylation sites (N-methyl/N-ethyl adjacent to an activating group) is 1. The van der Waals surface area contributed by atoms with Crippen LogP contribution in [0.5, 0.6) is 5.75 Å². The number of ether oxygens (including phenoxy) is 1. The number of fused-ring (bicyclic) bond motifs is 6. The third-order valence-electron chi connectivity index (χ3n) is 6.46. The highest BCUT2D eigenvalue weighted by atomic mass is 16.5. The molecule has 3 heterocycles. The van der Waals surface area contributed by atoms with Gasteiger partial charge in [0.25, 0.3) is 0 Å². The van der Waals surface area contributed by atoms with E-state index >= 15 is 0 Å². The van der Waals surface area contributed by atoms with E-state index in [1.54, 1.807) is 24.1 Å². The molecule has 2 aliphatic rings. The maximum Gasteiger partial charge on any atom is 0.326 e. The number of hydrogen-bond donors (Lipinski definition) is 1. The number of aliphatic hydroxyl groups is 1. The maximum absolute atomic E-state index is 13.0. The van der Waals surface area contributed by atoms with Crippen LogP contribution in [0.2, 0.25) is 0 Å². The third-order valence-corrected chi connectivity index (χ3v) is 6.46. The third kappa shape index (κ3) is 2.98. The first-order valence-corrected chi connectivity index (χ1v) is 10.4. The largest absolute Gasteiger partial charge is 0.497 e. The number of nitrogens with zero attached hydrogens (tertiary/aromatic N) is 3. The van der Waals surface area contributed by atoms with Crippen LogP contribution in [0.1, 0.15) is 33.1 Å². The summed E-state index contributed by atoms with van der Waals surface area (Å²) in [5, 5.41) is 10.0. The summed E-state index contributed by atoms with van der Waals surface area (Å²) in [5.74, 6) is -0.226. The van der Waals surface area contributed by atoms with Gasteiger partial charge >= 0.3 is 6.03 Å². The van der Waals surface area contributed by atoms with Gasteiger partial charge in [-0.15, -0.1) is 0 Å². The van der Waals surface area contributed by atoms with Gasteiger partial charge in [0.05, 0.1) is 19.6 Å². The standard InChI is InChI=1S/C24H23N3O5/c1-25-23(30)18-11-26(24(25)31)12-20-22(18)17-9-16(32-2)7-8-19(17)27(20)10-14-3-5-15(6-4-14)21(29)13-28/h3-9,18,28H,10-13H2,1-2H3. The summed E-state index contributed by atoms with van der Waals surface area (Å²) in [7, 11) is 3.14. The normalized spacial score (nSPS) is 17.7. The lowest BCUT2D eigenvalue weighted by molar-refractivity contribution is -0.132. The van der Waals surface area contributed by atoms with Gasteiger partial charge in [-0.2, -0.15) is 0 Å². The van der Waals surface area contributed by atoms with E-state index in [0.717, 1.165) is 27.7 Å². The Morgan fingerprint density at radius 2 is 1.91 bits per heavy atom. The Hall–Kier alpha value is -3.65. The second-order valence-electron chi connectivity index (χ2n) is 8.22. The highest BCUT2D eigenvalue weighted by Crippen LogP contribution is 2.41. The Morgan fingerprint density at radius 1 is 1.16 bits per heavy atom. The smallest absolute Gasteiger partial charge is 0.326 e. The molecular weight excluding hydrogens is 410 g/mol. The highest BCUT2D eigenvalue weighted by Gasteiger charge is 2.44. The Balaban J connectivity index is 1.65. The number of rotatable bonds is 5. The summed E-state index contributed by atoms with van der Waals surface area (Å²) in [6.07, 6.45) is 0. The van der Waals surface area contributed by atoms with Crippen molar-refractivity contribution in [2.45, 2.75) is 19.0 Å². The summed E-state index contributed by atoms with van der Waals surface area (Å²) < 4.78 is 7.57. The summed E-state index contributed by atoms with van der Waals surface area (Å²) in [6.45, 7) is 0.791. The molecule has 2 bridgehead atoms. The van der Waals surface area contributed by atoms with Crippen LogP contribution >= 0.6 is 0 Å². The molecule has 3 aromatic rings. The SMILES string of the molecule is COc1ccc2c(c1)c1c(n2Cc2ccc(C(=O)CO)cc2)CN2CC1C(=O)N(C)C2=O. The average Bonchev–Trinajstić information content (AvgIpc) is 3.13. The zero-order valence-corrected chi connectivity index (χ0v) is 17.9. The lowest BCUT2D eigenvalue weighted by Crippen LogP contribution is -2.56. The molecule has 0 radical (unpaired) electrons. The minimum absolute atomic E-state index is 0.194. The molecule has 0 saturated carbocycles. The monoisotopic (exact) mass is 433 g/mol. The molecule has 1 fully saturated rings. The van der Waals surface area contributed by atoms with Gasteiger partial charge < -0.3 is 19.3 Å². The molecule has 164 valence electrons. The van der Waals surface area contributed by atoms with Gasteiger partial charge in [0.1, 0.15) is 12.4 Å². The lowest BCUT2D eigenvalue weighted by atomic mass is 9.89. The number of Topliss-reactive ketones (excluding diaryl/α,β-unsaturated/α-hetero) is 1. The molecule has 2 aromatic carbocycles. The van der Waals surface area contributed by atoms with Gasteiger partial charge in [0, 0.05) is 42.3 Å². The summed E-state index contributed by atoms with van der Waals surface area (Å²) in [6, 6.07) is 12.7. The highest BCUT2D eigenvalue weighted by molar-refractivity contribution is 6.04. The second-order valence-corrected chi connectivity index (χ2v) is 8.22. The van der Waals surface area contributed by atoms with E-state index in [9.17, 15) is 14.4 Å². The van der Waals surface area contributed by atoms with Gasteiger partial charge in [-0.05, 0) is 29.3 Å². The fourth-order valence-electron chi connectivity index (χ4n) is 4.79. The van der Waals surface area contributed by atoms with Crippen LogP contribution in [-0.4, -0.2) is 64.5 Å². The Morgan fingerprint density at radius 3 is 2.59 bits per heavy atom. The predicted octanol–water partition coefficient (Wildman–Crippen LogP) is 2.36. The van der Waals surface area contributed by atoms with Crippen LogP contribution in [-0.2, 0) is 17.9 Å².